The number of nitrogens with zero attached hydrogens (tertiary/aromatic N) is 1. The summed E-state index contributed by atoms with van der Waals surface area (Å²) in [6.45, 7) is -0.375. The van der Waals surface area contributed by atoms with Crippen LogP contribution in [0, 0.1) is 0 Å². The van der Waals surface area contributed by atoms with Gasteiger partial charge in [0.1, 0.15) is 11.5 Å². The van der Waals surface area contributed by atoms with Crippen LogP contribution in [0.1, 0.15) is 5.37 Å². The predicted octanol–water partition coefficient (Wildman–Crippen LogP) is -1.23. The molecule has 1 aliphatic rings. The Labute approximate surface area is 104 Å². The van der Waals surface area contributed by atoms with E-state index in [1.807, 2.05) is 4.98 Å². The van der Waals surface area contributed by atoms with Crippen LogP contribution in [0.2, 0.25) is 0 Å². The molecule has 0 bridgehead atoms. The zero-order valence-corrected chi connectivity index (χ0v) is 9.84. The number of aliphatic hydroxyl groups is 2. The molecule has 2 heterocycles. The topological polar surface area (TPSA) is 105 Å². The summed E-state index contributed by atoms with van der Waals surface area (Å²) < 4.78 is 13.5. The lowest BCUT2D eigenvalue weighted by molar-refractivity contribution is -0.210. The Balaban J connectivity index is 2.38. The van der Waals surface area contributed by atoms with Gasteiger partial charge in [-0.3, -0.25) is 14.3 Å². The van der Waals surface area contributed by atoms with Gasteiger partial charge in [-0.15, -0.1) is 11.8 Å². The SMILES string of the molecule is O=c1ccn([C@@H]2S[C@H](CO)[C@@H](O)[C@H]2OF)c(=O)[nH]1. The lowest BCUT2D eigenvalue weighted by Gasteiger charge is -2.18. The summed E-state index contributed by atoms with van der Waals surface area (Å²) in [4.78, 5) is 28.2. The molecule has 0 amide bonds. The first-order valence-electron chi connectivity index (χ1n) is 5.11. The molecule has 0 spiro atoms. The van der Waals surface area contributed by atoms with Crippen molar-refractivity contribution in [1.82, 2.24) is 9.55 Å². The van der Waals surface area contributed by atoms with E-state index in [0.29, 0.717) is 0 Å². The first-order valence-corrected chi connectivity index (χ1v) is 6.06. The molecule has 1 aromatic rings. The first-order chi connectivity index (χ1) is 8.58. The fourth-order valence-electron chi connectivity index (χ4n) is 1.82. The van der Waals surface area contributed by atoms with E-state index in [-0.39, 0.29) is 6.61 Å². The number of aromatic amines is 1. The highest BCUT2D eigenvalue weighted by Gasteiger charge is 2.46. The Morgan fingerprint density at radius 3 is 2.83 bits per heavy atom. The molecule has 4 atom stereocenters. The van der Waals surface area contributed by atoms with E-state index in [4.69, 9.17) is 5.11 Å². The van der Waals surface area contributed by atoms with Crippen LogP contribution in [0.25, 0.3) is 0 Å². The van der Waals surface area contributed by atoms with Gasteiger partial charge in [-0.2, -0.15) is 4.94 Å². The van der Waals surface area contributed by atoms with Crippen LogP contribution in [-0.2, 0) is 4.94 Å². The van der Waals surface area contributed by atoms with Crippen molar-refractivity contribution in [2.24, 2.45) is 0 Å². The molecule has 1 aromatic heterocycles. The van der Waals surface area contributed by atoms with Crippen molar-refractivity contribution in [2.45, 2.75) is 22.8 Å². The zero-order chi connectivity index (χ0) is 13.3. The van der Waals surface area contributed by atoms with Crippen LogP contribution in [0.3, 0.4) is 0 Å². The highest BCUT2D eigenvalue weighted by atomic mass is 32.2. The number of H-pyrrole nitrogens is 1. The minimum atomic E-state index is -1.28. The van der Waals surface area contributed by atoms with E-state index >= 15 is 0 Å². The average Bonchev–Trinajstić information content (AvgIpc) is 2.65. The Bertz CT molecular complexity index is 532. The molecule has 3 N–H and O–H groups in total. The van der Waals surface area contributed by atoms with E-state index in [2.05, 4.69) is 4.94 Å². The maximum Gasteiger partial charge on any atom is 0.329 e. The van der Waals surface area contributed by atoms with Crippen molar-refractivity contribution in [3.05, 3.63) is 33.1 Å². The third-order valence-electron chi connectivity index (χ3n) is 2.72. The molecular weight excluding hydrogens is 267 g/mol. The monoisotopic (exact) mass is 278 g/mol. The number of nitrogens with one attached hydrogen (secondary N) is 1. The summed E-state index contributed by atoms with van der Waals surface area (Å²) in [6.07, 6.45) is -1.33. The standard InChI is InChI=1S/C9H11FN2O5S/c10-17-7-6(15)4(3-13)18-8(7)12-2-1-5(14)11-9(12)16/h1-2,4,6-8,13,15H,3H2,(H,11,14,16)/t4-,6-,7-,8-/m1/s1. The average molecular weight is 278 g/mol. The van der Waals surface area contributed by atoms with Gasteiger partial charge in [0.2, 0.25) is 0 Å². The minimum Gasteiger partial charge on any atom is -0.395 e. The smallest absolute Gasteiger partial charge is 0.329 e. The molecule has 2 rings (SSSR count). The van der Waals surface area contributed by atoms with Gasteiger partial charge in [0.15, 0.2) is 6.10 Å². The summed E-state index contributed by atoms with van der Waals surface area (Å²) in [7, 11) is 0. The van der Waals surface area contributed by atoms with Gasteiger partial charge in [-0.05, 0) is 4.53 Å². The maximum atomic E-state index is 12.5. The van der Waals surface area contributed by atoms with Crippen LogP contribution >= 0.6 is 11.8 Å². The Morgan fingerprint density at radius 2 is 2.28 bits per heavy atom. The molecule has 18 heavy (non-hydrogen) atoms. The van der Waals surface area contributed by atoms with Crippen molar-refractivity contribution in [3.63, 3.8) is 0 Å². The van der Waals surface area contributed by atoms with Crippen LogP contribution in [0.4, 0.5) is 4.53 Å². The Hall–Kier alpha value is -1.16. The second-order valence-electron chi connectivity index (χ2n) is 3.81. The number of rotatable bonds is 3. The first kappa shape index (κ1) is 13.3. The number of hydrogen-bond acceptors (Lipinski definition) is 6. The molecule has 0 radical (unpaired) electrons. The van der Waals surface area contributed by atoms with Gasteiger partial charge in [-0.25, -0.2) is 4.79 Å². The van der Waals surface area contributed by atoms with E-state index in [0.717, 1.165) is 22.4 Å². The zero-order valence-electron chi connectivity index (χ0n) is 9.02. The summed E-state index contributed by atoms with van der Waals surface area (Å²) >= 11 is 1.00. The quantitative estimate of drug-likeness (QED) is 0.640. The molecule has 0 saturated carbocycles. The van der Waals surface area contributed by atoms with Gasteiger partial charge in [0.25, 0.3) is 5.56 Å². The second-order valence-corrected chi connectivity index (χ2v) is 5.17. The molecule has 100 valence electrons. The number of aromatic nitrogens is 2. The molecule has 7 nitrogen and oxygen atoms in total. The van der Waals surface area contributed by atoms with Crippen LogP contribution < -0.4 is 11.2 Å². The van der Waals surface area contributed by atoms with Gasteiger partial charge in [-0.1, -0.05) is 0 Å². The van der Waals surface area contributed by atoms with Crippen LogP contribution in [-0.4, -0.2) is 43.8 Å². The van der Waals surface area contributed by atoms with Crippen molar-refractivity contribution in [1.29, 1.82) is 0 Å². The molecular formula is C9H11FN2O5S. The van der Waals surface area contributed by atoms with E-state index in [1.54, 1.807) is 0 Å². The third-order valence-corrected chi connectivity index (χ3v) is 4.27. The Kier molecular flexibility index (Phi) is 3.85. The molecule has 1 saturated heterocycles. The summed E-state index contributed by atoms with van der Waals surface area (Å²) in [5.41, 5.74) is -1.30. The van der Waals surface area contributed by atoms with Crippen LogP contribution in [0.5, 0.6) is 0 Å². The largest absolute Gasteiger partial charge is 0.395 e. The van der Waals surface area contributed by atoms with Crippen molar-refractivity contribution >= 4 is 11.8 Å². The van der Waals surface area contributed by atoms with Crippen molar-refractivity contribution < 1.29 is 19.7 Å². The summed E-state index contributed by atoms with van der Waals surface area (Å²) in [5, 5.41) is 17.2. The Morgan fingerprint density at radius 1 is 1.56 bits per heavy atom. The third kappa shape index (κ3) is 2.21. The predicted molar refractivity (Wildman–Crippen MR) is 60.8 cm³/mol. The van der Waals surface area contributed by atoms with Crippen molar-refractivity contribution in [3.8, 4) is 0 Å². The van der Waals surface area contributed by atoms with Gasteiger partial charge < -0.3 is 10.2 Å². The van der Waals surface area contributed by atoms with E-state index in [9.17, 15) is 19.2 Å². The van der Waals surface area contributed by atoms with Gasteiger partial charge in [0.05, 0.1) is 11.9 Å². The lowest BCUT2D eigenvalue weighted by Crippen LogP contribution is -2.38. The molecule has 0 aromatic carbocycles. The maximum absolute atomic E-state index is 12.5. The van der Waals surface area contributed by atoms with Gasteiger partial charge in [0, 0.05) is 12.3 Å². The lowest BCUT2D eigenvalue weighted by atomic mass is 10.1. The van der Waals surface area contributed by atoms with Crippen LogP contribution in [0.15, 0.2) is 21.9 Å². The van der Waals surface area contributed by atoms with E-state index in [1.165, 1.54) is 6.20 Å². The summed E-state index contributed by atoms with van der Waals surface area (Å²) in [6, 6.07) is 1.11. The number of hydrogen-bond donors (Lipinski definition) is 3. The number of thioether (sulfide) groups is 1. The highest BCUT2D eigenvalue weighted by Crippen LogP contribution is 2.42. The second kappa shape index (κ2) is 5.22. The fraction of sp³-hybridized carbons (Fsp3) is 0.556. The van der Waals surface area contributed by atoms with E-state index < -0.39 is 34.1 Å². The highest BCUT2D eigenvalue weighted by molar-refractivity contribution is 8.00. The molecule has 0 unspecified atom stereocenters. The normalized spacial score (nSPS) is 31.7. The van der Waals surface area contributed by atoms with Crippen molar-refractivity contribution in [2.75, 3.05) is 6.61 Å². The number of halogens is 1. The molecule has 0 aliphatic carbocycles. The molecule has 9 heteroatoms. The summed E-state index contributed by atoms with van der Waals surface area (Å²) in [5.74, 6) is 0. The minimum absolute atomic E-state index is 0.375. The molecule has 1 aliphatic heterocycles. The molecule has 1 fully saturated rings. The fourth-order valence-corrected chi connectivity index (χ4v) is 3.23. The number of aliphatic hydroxyl groups excluding tert-OH is 2. The van der Waals surface area contributed by atoms with Gasteiger partial charge >= 0.3 is 5.69 Å².